The summed E-state index contributed by atoms with van der Waals surface area (Å²) in [5, 5.41) is 0. The summed E-state index contributed by atoms with van der Waals surface area (Å²) < 4.78 is 27.4. The Kier molecular flexibility index (Phi) is 7.66. The van der Waals surface area contributed by atoms with Gasteiger partial charge in [-0.05, 0) is 12.8 Å². The van der Waals surface area contributed by atoms with Crippen molar-refractivity contribution in [2.75, 3.05) is 26.6 Å². The average Bonchev–Trinajstić information content (AvgIpc) is 1.89. The molecule has 3 heteroatoms. The molecule has 0 N–H and O–H groups in total. The highest BCUT2D eigenvalue weighted by Gasteiger charge is 1.87. The van der Waals surface area contributed by atoms with Crippen LogP contribution in [0.15, 0.2) is 0 Å². The number of unbranched alkanes of at least 4 members (excludes halogenated alkanes) is 1. The summed E-state index contributed by atoms with van der Waals surface area (Å²) in [5.74, 6) is 0. The molecule has 0 aliphatic carbocycles. The zero-order chi connectivity index (χ0) is 6.95. The molecule has 0 saturated heterocycles. The Bertz CT molecular complexity index is 44.3. The molecule has 1 nitrogen and oxygen atoms in total. The van der Waals surface area contributed by atoms with Gasteiger partial charge in [0, 0.05) is 6.61 Å². The molecule has 56 valence electrons. The van der Waals surface area contributed by atoms with Crippen LogP contribution in [0.25, 0.3) is 0 Å². The normalized spacial score (nSPS) is 10.0. The van der Waals surface area contributed by atoms with E-state index >= 15 is 0 Å². The van der Waals surface area contributed by atoms with E-state index in [4.69, 9.17) is 4.74 Å². The number of halogens is 2. The van der Waals surface area contributed by atoms with Crippen LogP contribution in [-0.2, 0) is 4.74 Å². The molecule has 0 fully saturated rings. The predicted molar refractivity (Wildman–Crippen MR) is 32.0 cm³/mol. The maximum absolute atomic E-state index is 11.4. The highest BCUT2D eigenvalue weighted by molar-refractivity contribution is 4.35. The number of hydrogen-bond donors (Lipinski definition) is 0. The van der Waals surface area contributed by atoms with Gasteiger partial charge in [0.15, 0.2) is 0 Å². The summed E-state index contributed by atoms with van der Waals surface area (Å²) in [4.78, 5) is 0. The molecule has 0 aliphatic rings. The smallest absolute Gasteiger partial charge is 0.113 e. The summed E-state index contributed by atoms with van der Waals surface area (Å²) in [7, 11) is 0. The summed E-state index contributed by atoms with van der Waals surface area (Å²) in [6.45, 7) is -0.130. The van der Waals surface area contributed by atoms with Gasteiger partial charge in [-0.2, -0.15) is 0 Å². The maximum atomic E-state index is 11.4. The lowest BCUT2D eigenvalue weighted by atomic mass is 10.3. The molecule has 0 spiro atoms. The van der Waals surface area contributed by atoms with Crippen molar-refractivity contribution in [2.24, 2.45) is 0 Å². The van der Waals surface area contributed by atoms with E-state index < -0.39 is 6.67 Å². The van der Waals surface area contributed by atoms with E-state index in [0.29, 0.717) is 19.4 Å². The van der Waals surface area contributed by atoms with Crippen molar-refractivity contribution in [3.05, 3.63) is 0 Å². The van der Waals surface area contributed by atoms with Gasteiger partial charge in [0.2, 0.25) is 0 Å². The summed E-state index contributed by atoms with van der Waals surface area (Å²) >= 11 is 0. The Morgan fingerprint density at radius 3 is 2.22 bits per heavy atom. The molecule has 0 rings (SSSR count). The Balaban J connectivity index is 2.60. The first-order valence-corrected chi connectivity index (χ1v) is 3.11. The fourth-order valence-corrected chi connectivity index (χ4v) is 0.455. The van der Waals surface area contributed by atoms with Crippen LogP contribution in [0.3, 0.4) is 0 Å². The largest absolute Gasteiger partial charge is 0.379 e. The third-order valence-electron chi connectivity index (χ3n) is 0.894. The topological polar surface area (TPSA) is 9.23 Å². The third-order valence-corrected chi connectivity index (χ3v) is 0.894. The van der Waals surface area contributed by atoms with Gasteiger partial charge >= 0.3 is 0 Å². The molecule has 0 heterocycles. The molecule has 0 aromatic rings. The second-order valence-electron chi connectivity index (χ2n) is 1.70. The monoisotopic (exact) mass is 138 g/mol. The zero-order valence-electron chi connectivity index (χ0n) is 5.41. The minimum absolute atomic E-state index is 0.145. The lowest BCUT2D eigenvalue weighted by molar-refractivity contribution is 0.114. The first kappa shape index (κ1) is 8.82. The number of hydrogen-bond acceptors (Lipinski definition) is 1. The van der Waals surface area contributed by atoms with Crippen molar-refractivity contribution in [2.45, 2.75) is 12.8 Å². The van der Waals surface area contributed by atoms with Gasteiger partial charge in [-0.25, -0.2) is 4.39 Å². The SMILES string of the molecule is FCCCCOCCF. The molecule has 0 aromatic carbocycles. The molecule has 0 bridgehead atoms. The van der Waals surface area contributed by atoms with E-state index in [2.05, 4.69) is 0 Å². The first-order chi connectivity index (χ1) is 4.41. The van der Waals surface area contributed by atoms with Crippen LogP contribution in [0, 0.1) is 0 Å². The fraction of sp³-hybridized carbons (Fsp3) is 1.00. The van der Waals surface area contributed by atoms with Crippen molar-refractivity contribution in [1.29, 1.82) is 0 Å². The van der Waals surface area contributed by atoms with Crippen LogP contribution in [0.1, 0.15) is 12.8 Å². The van der Waals surface area contributed by atoms with Crippen molar-refractivity contribution < 1.29 is 13.5 Å². The van der Waals surface area contributed by atoms with Crippen LogP contribution in [-0.4, -0.2) is 26.6 Å². The van der Waals surface area contributed by atoms with Gasteiger partial charge in [-0.15, -0.1) is 0 Å². The lowest BCUT2D eigenvalue weighted by Crippen LogP contribution is -1.98. The Hall–Kier alpha value is -0.180. The van der Waals surface area contributed by atoms with Gasteiger partial charge in [-0.3, -0.25) is 4.39 Å². The molecule has 0 saturated carbocycles. The van der Waals surface area contributed by atoms with Gasteiger partial charge in [0.05, 0.1) is 13.3 Å². The second kappa shape index (κ2) is 7.82. The summed E-state index contributed by atoms with van der Waals surface area (Å²) in [6, 6.07) is 0. The van der Waals surface area contributed by atoms with Crippen LogP contribution in [0.2, 0.25) is 0 Å². The number of ether oxygens (including phenoxy) is 1. The van der Waals surface area contributed by atoms with Crippen molar-refractivity contribution in [1.82, 2.24) is 0 Å². The standard InChI is InChI=1S/C6H12F2O/c7-3-1-2-5-9-6-4-8/h1-6H2. The molecular weight excluding hydrogens is 126 g/mol. The van der Waals surface area contributed by atoms with Crippen molar-refractivity contribution in [3.8, 4) is 0 Å². The second-order valence-corrected chi connectivity index (χ2v) is 1.70. The van der Waals surface area contributed by atoms with E-state index in [0.717, 1.165) is 0 Å². The predicted octanol–water partition coefficient (Wildman–Crippen LogP) is 1.72. The van der Waals surface area contributed by atoms with E-state index in [1.54, 1.807) is 0 Å². The van der Waals surface area contributed by atoms with Gasteiger partial charge in [0.25, 0.3) is 0 Å². The fourth-order valence-electron chi connectivity index (χ4n) is 0.455. The van der Waals surface area contributed by atoms with E-state index in [1.807, 2.05) is 0 Å². The van der Waals surface area contributed by atoms with Gasteiger partial charge < -0.3 is 4.74 Å². The van der Waals surface area contributed by atoms with Crippen molar-refractivity contribution in [3.63, 3.8) is 0 Å². The van der Waals surface area contributed by atoms with E-state index in [9.17, 15) is 8.78 Å². The van der Waals surface area contributed by atoms with Gasteiger partial charge in [0.1, 0.15) is 6.67 Å². The Labute approximate surface area is 54.0 Å². The molecular formula is C6H12F2O. The van der Waals surface area contributed by atoms with Crippen LogP contribution < -0.4 is 0 Å². The number of rotatable bonds is 6. The maximum Gasteiger partial charge on any atom is 0.113 e. The van der Waals surface area contributed by atoms with Gasteiger partial charge in [-0.1, -0.05) is 0 Å². The first-order valence-electron chi connectivity index (χ1n) is 3.11. The zero-order valence-corrected chi connectivity index (χ0v) is 5.41. The summed E-state index contributed by atoms with van der Waals surface area (Å²) in [6.07, 6.45) is 1.21. The third kappa shape index (κ3) is 7.82. The molecule has 0 atom stereocenters. The highest BCUT2D eigenvalue weighted by atomic mass is 19.1. The van der Waals surface area contributed by atoms with Crippen LogP contribution >= 0.6 is 0 Å². The average molecular weight is 138 g/mol. The molecule has 9 heavy (non-hydrogen) atoms. The summed E-state index contributed by atoms with van der Waals surface area (Å²) in [5.41, 5.74) is 0. The van der Waals surface area contributed by atoms with Crippen molar-refractivity contribution >= 4 is 0 Å². The van der Waals surface area contributed by atoms with Crippen LogP contribution in [0.4, 0.5) is 8.78 Å². The lowest BCUT2D eigenvalue weighted by Gasteiger charge is -1.97. The molecule has 0 amide bonds. The van der Waals surface area contributed by atoms with E-state index in [-0.39, 0.29) is 13.3 Å². The minimum Gasteiger partial charge on any atom is -0.379 e. The van der Waals surface area contributed by atoms with Crippen LogP contribution in [0.5, 0.6) is 0 Å². The van der Waals surface area contributed by atoms with E-state index in [1.165, 1.54) is 0 Å². The molecule has 0 unspecified atom stereocenters. The Morgan fingerprint density at radius 2 is 1.67 bits per heavy atom. The molecule has 0 aliphatic heterocycles. The molecule has 0 aromatic heterocycles. The minimum atomic E-state index is -0.449. The number of alkyl halides is 2. The Morgan fingerprint density at radius 1 is 0.889 bits per heavy atom. The molecule has 0 radical (unpaired) electrons. The highest BCUT2D eigenvalue weighted by Crippen LogP contribution is 1.89. The quantitative estimate of drug-likeness (QED) is 0.508.